The van der Waals surface area contributed by atoms with Gasteiger partial charge in [0.15, 0.2) is 0 Å². The van der Waals surface area contributed by atoms with Crippen LogP contribution in [-0.4, -0.2) is 0 Å². The predicted octanol–water partition coefficient (Wildman–Crippen LogP) is 8.18. The van der Waals surface area contributed by atoms with Gasteiger partial charge in [-0.2, -0.15) is 0 Å². The van der Waals surface area contributed by atoms with E-state index in [0.29, 0.717) is 0 Å². The SMILES string of the molecule is CC.CC.CC.CC.Cc1ccc(C)c2c(C)ccc(C)c12. The van der Waals surface area contributed by atoms with Gasteiger partial charge in [0.25, 0.3) is 0 Å². The van der Waals surface area contributed by atoms with Crippen LogP contribution in [0.15, 0.2) is 24.3 Å². The van der Waals surface area contributed by atoms with Gasteiger partial charge in [0.1, 0.15) is 0 Å². The van der Waals surface area contributed by atoms with Gasteiger partial charge in [-0.25, -0.2) is 0 Å². The van der Waals surface area contributed by atoms with Crippen LogP contribution in [0.3, 0.4) is 0 Å². The Morgan fingerprint density at radius 2 is 0.500 bits per heavy atom. The molecular formula is C22H40. The van der Waals surface area contributed by atoms with E-state index >= 15 is 0 Å². The Morgan fingerprint density at radius 3 is 0.636 bits per heavy atom. The first-order valence-electron chi connectivity index (χ1n) is 9.07. The third-order valence-corrected chi connectivity index (χ3v) is 2.99. The maximum absolute atomic E-state index is 2.21. The molecule has 0 aliphatic carbocycles. The normalized spacial score (nSPS) is 8.00. The molecule has 128 valence electrons. The molecule has 0 aliphatic heterocycles. The second-order valence-corrected chi connectivity index (χ2v) is 4.15. The van der Waals surface area contributed by atoms with Crippen LogP contribution >= 0.6 is 0 Å². The molecule has 0 saturated carbocycles. The highest BCUT2D eigenvalue weighted by Gasteiger charge is 2.05. The van der Waals surface area contributed by atoms with E-state index < -0.39 is 0 Å². The molecule has 0 amide bonds. The van der Waals surface area contributed by atoms with Crippen molar-refractivity contribution in [1.29, 1.82) is 0 Å². The predicted molar refractivity (Wildman–Crippen MR) is 108 cm³/mol. The Morgan fingerprint density at radius 1 is 0.364 bits per heavy atom. The summed E-state index contributed by atoms with van der Waals surface area (Å²) in [4.78, 5) is 0. The summed E-state index contributed by atoms with van der Waals surface area (Å²) < 4.78 is 0. The summed E-state index contributed by atoms with van der Waals surface area (Å²) in [5.74, 6) is 0. The Labute approximate surface area is 141 Å². The lowest BCUT2D eigenvalue weighted by Gasteiger charge is -2.11. The van der Waals surface area contributed by atoms with Crippen molar-refractivity contribution < 1.29 is 0 Å². The maximum Gasteiger partial charge on any atom is -0.0120 e. The fraction of sp³-hybridized carbons (Fsp3) is 0.545. The minimum absolute atomic E-state index is 1.38. The molecule has 0 nitrogen and oxygen atoms in total. The van der Waals surface area contributed by atoms with Gasteiger partial charge in [0, 0.05) is 0 Å². The highest BCUT2D eigenvalue weighted by Crippen LogP contribution is 2.27. The van der Waals surface area contributed by atoms with Gasteiger partial charge >= 0.3 is 0 Å². The summed E-state index contributed by atoms with van der Waals surface area (Å²) in [6, 6.07) is 8.85. The van der Waals surface area contributed by atoms with Crippen LogP contribution in [0.25, 0.3) is 10.8 Å². The van der Waals surface area contributed by atoms with Gasteiger partial charge in [-0.1, -0.05) is 79.7 Å². The molecule has 2 rings (SSSR count). The zero-order valence-corrected chi connectivity index (χ0v) is 17.3. The van der Waals surface area contributed by atoms with Crippen LogP contribution in [0.2, 0.25) is 0 Å². The smallest absolute Gasteiger partial charge is 0.0120 e. The zero-order valence-electron chi connectivity index (χ0n) is 17.3. The van der Waals surface area contributed by atoms with E-state index in [9.17, 15) is 0 Å². The van der Waals surface area contributed by atoms with Gasteiger partial charge in [-0.05, 0) is 60.7 Å². The second kappa shape index (κ2) is 16.1. The van der Waals surface area contributed by atoms with E-state index in [4.69, 9.17) is 0 Å². The minimum atomic E-state index is 1.38. The van der Waals surface area contributed by atoms with E-state index in [1.165, 1.54) is 33.0 Å². The van der Waals surface area contributed by atoms with Crippen LogP contribution in [0.5, 0.6) is 0 Å². The van der Waals surface area contributed by atoms with E-state index in [1.807, 2.05) is 55.4 Å². The number of fused-ring (bicyclic) bond motifs is 1. The lowest BCUT2D eigenvalue weighted by molar-refractivity contribution is 1.38. The summed E-state index contributed by atoms with van der Waals surface area (Å²) >= 11 is 0. The van der Waals surface area contributed by atoms with Gasteiger partial charge < -0.3 is 0 Å². The first-order chi connectivity index (χ1) is 10.6. The average molecular weight is 305 g/mol. The van der Waals surface area contributed by atoms with Crippen molar-refractivity contribution in [2.45, 2.75) is 83.1 Å². The van der Waals surface area contributed by atoms with Crippen molar-refractivity contribution in [3.8, 4) is 0 Å². The molecule has 0 aromatic heterocycles. The molecule has 0 aliphatic rings. The Balaban J connectivity index is -0.000000394. The number of aryl methyl sites for hydroxylation is 4. The van der Waals surface area contributed by atoms with Crippen molar-refractivity contribution in [3.63, 3.8) is 0 Å². The van der Waals surface area contributed by atoms with Crippen molar-refractivity contribution in [1.82, 2.24) is 0 Å². The van der Waals surface area contributed by atoms with E-state index in [1.54, 1.807) is 0 Å². The number of benzene rings is 2. The lowest BCUT2D eigenvalue weighted by atomic mass is 9.94. The molecule has 0 unspecified atom stereocenters. The zero-order chi connectivity index (χ0) is 18.3. The van der Waals surface area contributed by atoms with Gasteiger partial charge in [-0.15, -0.1) is 0 Å². The molecule has 2 aromatic carbocycles. The van der Waals surface area contributed by atoms with Crippen LogP contribution in [-0.2, 0) is 0 Å². The molecule has 0 heterocycles. The molecular weight excluding hydrogens is 264 g/mol. The summed E-state index contributed by atoms with van der Waals surface area (Å²) in [5.41, 5.74) is 5.53. The monoisotopic (exact) mass is 304 g/mol. The molecule has 0 radical (unpaired) electrons. The fourth-order valence-corrected chi connectivity index (χ4v) is 2.24. The van der Waals surface area contributed by atoms with Crippen molar-refractivity contribution >= 4 is 10.8 Å². The highest BCUT2D eigenvalue weighted by molar-refractivity contribution is 5.93. The van der Waals surface area contributed by atoms with Crippen LogP contribution in [0.1, 0.15) is 77.6 Å². The van der Waals surface area contributed by atoms with Crippen molar-refractivity contribution in [2.75, 3.05) is 0 Å². The maximum atomic E-state index is 2.21. The molecule has 0 saturated heterocycles. The molecule has 0 atom stereocenters. The molecule has 0 heteroatoms. The Hall–Kier alpha value is -1.30. The average Bonchev–Trinajstić information content (AvgIpc) is 2.60. The molecule has 22 heavy (non-hydrogen) atoms. The standard InChI is InChI=1S/C14H16.4C2H6/c1-9-5-6-11(3)14-12(4)8-7-10(2)13(9)14;4*1-2/h5-8H,1-4H3;4*1-2H3. The van der Waals surface area contributed by atoms with Gasteiger partial charge in [-0.3, -0.25) is 0 Å². The summed E-state index contributed by atoms with van der Waals surface area (Å²) in [6.07, 6.45) is 0. The van der Waals surface area contributed by atoms with Crippen molar-refractivity contribution in [2.24, 2.45) is 0 Å². The van der Waals surface area contributed by atoms with E-state index in [-0.39, 0.29) is 0 Å². The van der Waals surface area contributed by atoms with E-state index in [2.05, 4.69) is 52.0 Å². The van der Waals surface area contributed by atoms with Gasteiger partial charge in [0.2, 0.25) is 0 Å². The fourth-order valence-electron chi connectivity index (χ4n) is 2.24. The number of rotatable bonds is 0. The molecule has 0 bridgehead atoms. The topological polar surface area (TPSA) is 0 Å². The molecule has 0 N–H and O–H groups in total. The minimum Gasteiger partial charge on any atom is -0.0683 e. The third kappa shape index (κ3) is 7.11. The summed E-state index contributed by atoms with van der Waals surface area (Å²) in [5, 5.41) is 2.87. The van der Waals surface area contributed by atoms with Crippen LogP contribution in [0.4, 0.5) is 0 Å². The molecule has 0 spiro atoms. The summed E-state index contributed by atoms with van der Waals surface area (Å²) in [7, 11) is 0. The quantitative estimate of drug-likeness (QED) is 0.460. The van der Waals surface area contributed by atoms with Crippen molar-refractivity contribution in [3.05, 3.63) is 46.5 Å². The second-order valence-electron chi connectivity index (χ2n) is 4.15. The first kappa shape index (κ1) is 25.6. The Bertz CT molecular complexity index is 404. The molecule has 2 aromatic rings. The van der Waals surface area contributed by atoms with Crippen LogP contribution < -0.4 is 0 Å². The Kier molecular flexibility index (Phi) is 18.7. The third-order valence-electron chi connectivity index (χ3n) is 2.99. The highest BCUT2D eigenvalue weighted by atomic mass is 14.1. The number of hydrogen-bond acceptors (Lipinski definition) is 0. The largest absolute Gasteiger partial charge is 0.0683 e. The van der Waals surface area contributed by atoms with Crippen LogP contribution in [0, 0.1) is 27.7 Å². The molecule has 0 fully saturated rings. The first-order valence-corrected chi connectivity index (χ1v) is 9.07. The summed E-state index contributed by atoms with van der Waals surface area (Å²) in [6.45, 7) is 24.8. The van der Waals surface area contributed by atoms with Gasteiger partial charge in [0.05, 0.1) is 0 Å². The lowest BCUT2D eigenvalue weighted by Crippen LogP contribution is -1.89. The van der Waals surface area contributed by atoms with E-state index in [0.717, 1.165) is 0 Å². The number of hydrogen-bond donors (Lipinski definition) is 0.